The molecule has 0 saturated heterocycles. The average Bonchev–Trinajstić information content (AvgIpc) is 2.57. The van der Waals surface area contributed by atoms with E-state index in [0.717, 1.165) is 25.0 Å². The Kier molecular flexibility index (Phi) is 1.95. The van der Waals surface area contributed by atoms with Gasteiger partial charge in [-0.1, -0.05) is 0 Å². The van der Waals surface area contributed by atoms with Crippen molar-refractivity contribution in [3.63, 3.8) is 0 Å². The number of nitrogens with one attached hydrogen (secondary N) is 1. The number of H-pyrrole nitrogens is 1. The van der Waals surface area contributed by atoms with Crippen molar-refractivity contribution in [3.8, 4) is 0 Å². The summed E-state index contributed by atoms with van der Waals surface area (Å²) in [5.74, 6) is 0. The fourth-order valence-corrected chi connectivity index (χ4v) is 3.90. The highest BCUT2D eigenvalue weighted by Crippen LogP contribution is 2.70. The third-order valence-electron chi connectivity index (χ3n) is 4.30. The maximum absolute atomic E-state index is 11.5. The van der Waals surface area contributed by atoms with Gasteiger partial charge in [0.2, 0.25) is 0 Å². The van der Waals surface area contributed by atoms with Crippen molar-refractivity contribution in [2.75, 3.05) is 0 Å². The molecule has 0 radical (unpaired) electrons. The summed E-state index contributed by atoms with van der Waals surface area (Å²) >= 11 is 0. The zero-order chi connectivity index (χ0) is 13.2. The Hall–Kier alpha value is -1.59. The van der Waals surface area contributed by atoms with Gasteiger partial charge in [0.1, 0.15) is 0 Å². The van der Waals surface area contributed by atoms with E-state index in [1.807, 2.05) is 20.8 Å². The molecule has 0 atom stereocenters. The molecule has 1 amide bonds. The van der Waals surface area contributed by atoms with Crippen LogP contribution in [-0.2, 0) is 5.41 Å². The zero-order valence-corrected chi connectivity index (χ0v) is 10.9. The van der Waals surface area contributed by atoms with Crippen LogP contribution in [0.3, 0.4) is 0 Å². The molecule has 6 heteroatoms. The maximum atomic E-state index is 11.5. The highest BCUT2D eigenvalue weighted by Gasteiger charge is 2.74. The van der Waals surface area contributed by atoms with Gasteiger partial charge >= 0.3 is 6.09 Å². The molecular weight excluding hydrogens is 232 g/mol. The van der Waals surface area contributed by atoms with E-state index < -0.39 is 6.09 Å². The lowest BCUT2D eigenvalue weighted by molar-refractivity contribution is -0.181. The molecule has 0 aromatic carbocycles. The van der Waals surface area contributed by atoms with Crippen LogP contribution in [0.1, 0.15) is 45.7 Å². The summed E-state index contributed by atoms with van der Waals surface area (Å²) in [6, 6.07) is 0. The Morgan fingerprint density at radius 2 is 2.06 bits per heavy atom. The molecule has 1 heterocycles. The Morgan fingerprint density at radius 3 is 2.44 bits per heavy atom. The molecule has 3 aliphatic rings. The van der Waals surface area contributed by atoms with Crippen molar-refractivity contribution in [1.29, 1.82) is 0 Å². The maximum Gasteiger partial charge on any atom is 0.408 e. The Morgan fingerprint density at radius 1 is 1.44 bits per heavy atom. The summed E-state index contributed by atoms with van der Waals surface area (Å²) < 4.78 is 0. The average molecular weight is 250 g/mol. The number of rotatable bonds is 2. The van der Waals surface area contributed by atoms with Crippen molar-refractivity contribution in [2.45, 2.75) is 56.5 Å². The van der Waals surface area contributed by atoms with Crippen molar-refractivity contribution in [2.24, 2.45) is 0 Å². The number of carbonyl (C=O) groups is 1. The fourth-order valence-electron chi connectivity index (χ4n) is 3.90. The van der Waals surface area contributed by atoms with E-state index in [1.54, 1.807) is 11.1 Å². The van der Waals surface area contributed by atoms with E-state index in [9.17, 15) is 9.90 Å². The highest BCUT2D eigenvalue weighted by molar-refractivity contribution is 5.69. The quantitative estimate of drug-likeness (QED) is 0.837. The first-order valence-corrected chi connectivity index (χ1v) is 6.19. The minimum absolute atomic E-state index is 0.0753. The van der Waals surface area contributed by atoms with Crippen LogP contribution < -0.4 is 0 Å². The van der Waals surface area contributed by atoms with Gasteiger partial charge < -0.3 is 5.11 Å². The molecule has 18 heavy (non-hydrogen) atoms. The molecule has 0 unspecified atom stereocenters. The summed E-state index contributed by atoms with van der Waals surface area (Å²) in [4.78, 5) is 13.1. The van der Waals surface area contributed by atoms with Crippen molar-refractivity contribution in [3.05, 3.63) is 11.9 Å². The normalized spacial score (nSPS) is 33.5. The van der Waals surface area contributed by atoms with Crippen LogP contribution in [-0.4, -0.2) is 42.6 Å². The number of amides is 1. The van der Waals surface area contributed by atoms with Gasteiger partial charge in [-0.2, -0.15) is 15.4 Å². The molecule has 2 N–H and O–H groups in total. The number of hydrogen-bond donors (Lipinski definition) is 2. The number of hydrogen-bond acceptors (Lipinski definition) is 3. The molecular formula is C12H18N4O2. The van der Waals surface area contributed by atoms with Crippen molar-refractivity contribution < 1.29 is 9.90 Å². The summed E-state index contributed by atoms with van der Waals surface area (Å²) in [7, 11) is 0. The summed E-state index contributed by atoms with van der Waals surface area (Å²) in [5.41, 5.74) is 0.514. The molecule has 6 nitrogen and oxygen atoms in total. The summed E-state index contributed by atoms with van der Waals surface area (Å²) in [6.45, 7) is 5.85. The standard InChI is InChI=1S/C12H18N4O2/c1-10(2,3)16(9(17)18)12-5-11(6-12,7-12)8-4-13-15-14-8/h4H,5-7H2,1-3H3,(H,17,18)(H,13,14,15). The molecule has 2 bridgehead atoms. The number of aromatic amines is 1. The smallest absolute Gasteiger partial charge is 0.408 e. The highest BCUT2D eigenvalue weighted by atomic mass is 16.4. The molecule has 1 aromatic rings. The van der Waals surface area contributed by atoms with Gasteiger partial charge in [-0.25, -0.2) is 4.79 Å². The fraction of sp³-hybridized carbons (Fsp3) is 0.750. The van der Waals surface area contributed by atoms with Gasteiger partial charge in [-0.05, 0) is 40.0 Å². The molecule has 98 valence electrons. The summed E-state index contributed by atoms with van der Waals surface area (Å²) in [5, 5.41) is 20.1. The molecule has 3 fully saturated rings. The van der Waals surface area contributed by atoms with E-state index in [0.29, 0.717) is 0 Å². The minimum Gasteiger partial charge on any atom is -0.465 e. The third kappa shape index (κ3) is 1.26. The van der Waals surface area contributed by atoms with Crippen LogP contribution in [0.5, 0.6) is 0 Å². The second-order valence-corrected chi connectivity index (χ2v) is 6.68. The summed E-state index contributed by atoms with van der Waals surface area (Å²) in [6.07, 6.45) is 3.55. The topological polar surface area (TPSA) is 82.1 Å². The predicted molar refractivity (Wildman–Crippen MR) is 64.3 cm³/mol. The lowest BCUT2D eigenvalue weighted by Gasteiger charge is -2.74. The molecule has 0 spiro atoms. The van der Waals surface area contributed by atoms with Gasteiger partial charge in [0.15, 0.2) is 0 Å². The van der Waals surface area contributed by atoms with Crippen LogP contribution in [0.2, 0.25) is 0 Å². The van der Waals surface area contributed by atoms with E-state index in [4.69, 9.17) is 0 Å². The first-order valence-electron chi connectivity index (χ1n) is 6.19. The van der Waals surface area contributed by atoms with Gasteiger partial charge in [0.05, 0.1) is 11.9 Å². The van der Waals surface area contributed by atoms with Crippen LogP contribution in [0.15, 0.2) is 6.20 Å². The second-order valence-electron chi connectivity index (χ2n) is 6.68. The van der Waals surface area contributed by atoms with Gasteiger partial charge in [0, 0.05) is 16.5 Å². The van der Waals surface area contributed by atoms with Crippen LogP contribution in [0.4, 0.5) is 4.79 Å². The number of carboxylic acid groups (broad SMARTS) is 1. The second kappa shape index (κ2) is 3.05. The first kappa shape index (κ1) is 11.5. The molecule has 3 aliphatic carbocycles. The zero-order valence-electron chi connectivity index (χ0n) is 10.9. The van der Waals surface area contributed by atoms with Crippen LogP contribution >= 0.6 is 0 Å². The van der Waals surface area contributed by atoms with Crippen LogP contribution in [0, 0.1) is 0 Å². The van der Waals surface area contributed by atoms with Gasteiger partial charge in [-0.3, -0.25) is 4.90 Å². The first-order chi connectivity index (χ1) is 8.29. The number of aromatic nitrogens is 3. The number of nitrogens with zero attached hydrogens (tertiary/aromatic N) is 3. The molecule has 1 aromatic heterocycles. The lowest BCUT2D eigenvalue weighted by atomic mass is 9.37. The van der Waals surface area contributed by atoms with Crippen molar-refractivity contribution >= 4 is 6.09 Å². The Bertz CT molecular complexity index is 469. The molecule has 3 saturated carbocycles. The third-order valence-corrected chi connectivity index (χ3v) is 4.30. The largest absolute Gasteiger partial charge is 0.465 e. The minimum atomic E-state index is -0.823. The lowest BCUT2D eigenvalue weighted by Crippen LogP contribution is -2.80. The molecule has 4 rings (SSSR count). The van der Waals surface area contributed by atoms with Gasteiger partial charge in [0.25, 0.3) is 0 Å². The Labute approximate surface area is 105 Å². The SMILES string of the molecule is CC(C)(C)N(C(=O)O)C12CC(c3cn[nH]n3)(C1)C2. The van der Waals surface area contributed by atoms with E-state index in [2.05, 4.69) is 15.4 Å². The van der Waals surface area contributed by atoms with E-state index in [1.165, 1.54) is 0 Å². The van der Waals surface area contributed by atoms with Crippen molar-refractivity contribution in [1.82, 2.24) is 20.3 Å². The monoisotopic (exact) mass is 250 g/mol. The van der Waals surface area contributed by atoms with Crippen LogP contribution in [0.25, 0.3) is 0 Å². The Balaban J connectivity index is 1.81. The van der Waals surface area contributed by atoms with E-state index in [-0.39, 0.29) is 16.5 Å². The molecule has 0 aliphatic heterocycles. The predicted octanol–water partition coefficient (Wildman–Crippen LogP) is 1.76. The van der Waals surface area contributed by atoms with E-state index >= 15 is 0 Å². The van der Waals surface area contributed by atoms with Gasteiger partial charge in [-0.15, -0.1) is 0 Å².